The van der Waals surface area contributed by atoms with E-state index in [0.717, 1.165) is 30.6 Å². The predicted octanol–water partition coefficient (Wildman–Crippen LogP) is 4.27. The van der Waals surface area contributed by atoms with E-state index in [2.05, 4.69) is 36.5 Å². The van der Waals surface area contributed by atoms with Crippen LogP contribution in [0.4, 0.5) is 0 Å². The van der Waals surface area contributed by atoms with Crippen LogP contribution in [-0.2, 0) is 17.6 Å². The molecule has 2 nitrogen and oxygen atoms in total. The Labute approximate surface area is 140 Å². The van der Waals surface area contributed by atoms with Crippen molar-refractivity contribution >= 4 is 5.91 Å². The minimum absolute atomic E-state index is 0.165. The van der Waals surface area contributed by atoms with Crippen molar-refractivity contribution < 1.29 is 4.79 Å². The second-order valence-electron chi connectivity index (χ2n) is 8.42. The summed E-state index contributed by atoms with van der Waals surface area (Å²) in [5.41, 5.74) is 2.81. The summed E-state index contributed by atoms with van der Waals surface area (Å²) in [6.07, 6.45) is 10.6. The zero-order valence-electron chi connectivity index (χ0n) is 14.3. The normalized spacial score (nSPS) is 34.6. The van der Waals surface area contributed by atoms with Crippen LogP contribution in [-0.4, -0.2) is 11.4 Å². The minimum Gasteiger partial charge on any atom is -0.351 e. The van der Waals surface area contributed by atoms with Crippen molar-refractivity contribution in [1.29, 1.82) is 0 Å². The largest absolute Gasteiger partial charge is 0.351 e. The molecule has 0 unspecified atom stereocenters. The molecule has 1 aromatic rings. The number of carbonyl (C=O) groups is 1. The van der Waals surface area contributed by atoms with Crippen LogP contribution in [0.15, 0.2) is 24.3 Å². The maximum Gasteiger partial charge on any atom is 0.220 e. The molecular formula is C21H29NO. The van der Waals surface area contributed by atoms with E-state index in [1.807, 2.05) is 0 Å². The Balaban J connectivity index is 1.33. The number of amides is 1. The number of rotatable bonds is 5. The summed E-state index contributed by atoms with van der Waals surface area (Å²) in [6, 6.07) is 8.73. The second kappa shape index (κ2) is 5.96. The van der Waals surface area contributed by atoms with Gasteiger partial charge < -0.3 is 5.32 Å². The zero-order valence-corrected chi connectivity index (χ0v) is 14.3. The lowest BCUT2D eigenvalue weighted by Gasteiger charge is -2.56. The molecule has 4 fully saturated rings. The fraction of sp³-hybridized carbons (Fsp3) is 0.667. The second-order valence-corrected chi connectivity index (χ2v) is 8.42. The summed E-state index contributed by atoms with van der Waals surface area (Å²) in [4.78, 5) is 12.5. The van der Waals surface area contributed by atoms with Gasteiger partial charge in [-0.05, 0) is 80.2 Å². The first kappa shape index (κ1) is 15.2. The predicted molar refractivity (Wildman–Crippen MR) is 93.2 cm³/mol. The van der Waals surface area contributed by atoms with Crippen molar-refractivity contribution in [2.24, 2.45) is 17.8 Å². The van der Waals surface area contributed by atoms with Crippen molar-refractivity contribution in [3.05, 3.63) is 35.4 Å². The summed E-state index contributed by atoms with van der Waals surface area (Å²) < 4.78 is 0. The first-order valence-corrected chi connectivity index (χ1v) is 9.53. The van der Waals surface area contributed by atoms with Gasteiger partial charge in [0.1, 0.15) is 0 Å². The van der Waals surface area contributed by atoms with Crippen molar-refractivity contribution in [1.82, 2.24) is 5.32 Å². The van der Waals surface area contributed by atoms with Crippen LogP contribution in [0.2, 0.25) is 0 Å². The van der Waals surface area contributed by atoms with Gasteiger partial charge in [0.2, 0.25) is 5.91 Å². The lowest BCUT2D eigenvalue weighted by molar-refractivity contribution is -0.126. The topological polar surface area (TPSA) is 29.1 Å². The highest BCUT2D eigenvalue weighted by atomic mass is 16.1. The third kappa shape index (κ3) is 3.18. The Bertz CT molecular complexity index is 539. The highest BCUT2D eigenvalue weighted by Crippen LogP contribution is 2.55. The SMILES string of the molecule is CCc1ccc(CCC(=O)NC23CC4CC(CC(C4)C2)C3)cc1. The van der Waals surface area contributed by atoms with E-state index in [0.29, 0.717) is 6.42 Å². The third-order valence-electron chi connectivity index (χ3n) is 6.51. The van der Waals surface area contributed by atoms with E-state index in [1.165, 1.54) is 49.7 Å². The molecular weight excluding hydrogens is 282 g/mol. The standard InChI is InChI=1S/C21H29NO/c1-2-15-3-5-16(6-4-15)7-8-20(23)22-21-12-17-9-18(13-21)11-19(10-17)14-21/h3-6,17-19H,2,7-14H2,1H3,(H,22,23). The van der Waals surface area contributed by atoms with Gasteiger partial charge in [-0.2, -0.15) is 0 Å². The van der Waals surface area contributed by atoms with Gasteiger partial charge in [-0.25, -0.2) is 0 Å². The molecule has 2 heteroatoms. The van der Waals surface area contributed by atoms with E-state index in [-0.39, 0.29) is 11.4 Å². The molecule has 0 atom stereocenters. The molecule has 0 spiro atoms. The molecule has 0 saturated heterocycles. The molecule has 4 aliphatic rings. The molecule has 4 bridgehead atoms. The summed E-state index contributed by atoms with van der Waals surface area (Å²) in [5.74, 6) is 2.95. The third-order valence-corrected chi connectivity index (χ3v) is 6.51. The molecule has 4 saturated carbocycles. The molecule has 1 N–H and O–H groups in total. The Morgan fingerprint density at radius 1 is 1.00 bits per heavy atom. The number of nitrogens with one attached hydrogen (secondary N) is 1. The van der Waals surface area contributed by atoms with Crippen molar-refractivity contribution in [3.8, 4) is 0 Å². The Kier molecular flexibility index (Phi) is 3.95. The van der Waals surface area contributed by atoms with E-state index in [9.17, 15) is 4.79 Å². The van der Waals surface area contributed by atoms with Crippen molar-refractivity contribution in [2.45, 2.75) is 70.3 Å². The van der Waals surface area contributed by atoms with E-state index >= 15 is 0 Å². The Morgan fingerprint density at radius 2 is 1.52 bits per heavy atom. The minimum atomic E-state index is 0.165. The van der Waals surface area contributed by atoms with Crippen LogP contribution in [0.5, 0.6) is 0 Å². The van der Waals surface area contributed by atoms with Crippen LogP contribution in [0.1, 0.15) is 63.0 Å². The molecule has 1 aromatic carbocycles. The molecule has 5 rings (SSSR count). The molecule has 124 valence electrons. The maximum atomic E-state index is 12.5. The van der Waals surface area contributed by atoms with Gasteiger partial charge in [0.25, 0.3) is 0 Å². The van der Waals surface area contributed by atoms with Gasteiger partial charge in [0.15, 0.2) is 0 Å². The van der Waals surface area contributed by atoms with Crippen LogP contribution >= 0.6 is 0 Å². The lowest BCUT2D eigenvalue weighted by atomic mass is 9.53. The quantitative estimate of drug-likeness (QED) is 0.864. The van der Waals surface area contributed by atoms with E-state index < -0.39 is 0 Å². The number of carbonyl (C=O) groups excluding carboxylic acids is 1. The summed E-state index contributed by atoms with van der Waals surface area (Å²) in [6.45, 7) is 2.17. The van der Waals surface area contributed by atoms with Gasteiger partial charge in [0.05, 0.1) is 0 Å². The highest BCUT2D eigenvalue weighted by molar-refractivity contribution is 5.77. The molecule has 0 heterocycles. The number of aryl methyl sites for hydroxylation is 2. The first-order valence-electron chi connectivity index (χ1n) is 9.53. The van der Waals surface area contributed by atoms with Crippen molar-refractivity contribution in [3.63, 3.8) is 0 Å². The molecule has 0 radical (unpaired) electrons. The van der Waals surface area contributed by atoms with Crippen LogP contribution in [0, 0.1) is 17.8 Å². The summed E-state index contributed by atoms with van der Waals surface area (Å²) in [5, 5.41) is 3.48. The number of hydrogen-bond acceptors (Lipinski definition) is 1. The summed E-state index contributed by atoms with van der Waals surface area (Å²) in [7, 11) is 0. The van der Waals surface area contributed by atoms with Gasteiger partial charge in [-0.15, -0.1) is 0 Å². The van der Waals surface area contributed by atoms with E-state index in [4.69, 9.17) is 0 Å². The van der Waals surface area contributed by atoms with Gasteiger partial charge in [-0.3, -0.25) is 4.79 Å². The average molecular weight is 311 g/mol. The van der Waals surface area contributed by atoms with Crippen LogP contribution < -0.4 is 5.32 Å². The average Bonchev–Trinajstić information content (AvgIpc) is 2.51. The van der Waals surface area contributed by atoms with E-state index in [1.54, 1.807) is 0 Å². The molecule has 1 amide bonds. The Morgan fingerprint density at radius 3 is 2.04 bits per heavy atom. The van der Waals surface area contributed by atoms with Crippen LogP contribution in [0.3, 0.4) is 0 Å². The van der Waals surface area contributed by atoms with Crippen LogP contribution in [0.25, 0.3) is 0 Å². The fourth-order valence-corrected chi connectivity index (χ4v) is 5.82. The first-order chi connectivity index (χ1) is 11.1. The lowest BCUT2D eigenvalue weighted by Crippen LogP contribution is -2.59. The molecule has 23 heavy (non-hydrogen) atoms. The molecule has 0 aromatic heterocycles. The zero-order chi connectivity index (χ0) is 15.9. The number of hydrogen-bond donors (Lipinski definition) is 1. The maximum absolute atomic E-state index is 12.5. The van der Waals surface area contributed by atoms with Crippen molar-refractivity contribution in [2.75, 3.05) is 0 Å². The fourth-order valence-electron chi connectivity index (χ4n) is 5.82. The smallest absolute Gasteiger partial charge is 0.220 e. The molecule has 0 aliphatic heterocycles. The monoisotopic (exact) mass is 311 g/mol. The number of benzene rings is 1. The Hall–Kier alpha value is -1.31. The van der Waals surface area contributed by atoms with Gasteiger partial charge >= 0.3 is 0 Å². The van der Waals surface area contributed by atoms with Gasteiger partial charge in [-0.1, -0.05) is 31.2 Å². The highest BCUT2D eigenvalue weighted by Gasteiger charge is 2.51. The molecule has 4 aliphatic carbocycles. The van der Waals surface area contributed by atoms with Gasteiger partial charge in [0, 0.05) is 12.0 Å². The summed E-state index contributed by atoms with van der Waals surface area (Å²) >= 11 is 0.